The minimum absolute atomic E-state index is 0.0610. The summed E-state index contributed by atoms with van der Waals surface area (Å²) in [6.07, 6.45) is 3.88. The van der Waals surface area contributed by atoms with E-state index < -0.39 is 0 Å². The van der Waals surface area contributed by atoms with Crippen molar-refractivity contribution in [3.8, 4) is 0 Å². The Morgan fingerprint density at radius 2 is 2.22 bits per heavy atom. The van der Waals surface area contributed by atoms with Crippen LogP contribution in [0.2, 0.25) is 0 Å². The highest BCUT2D eigenvalue weighted by molar-refractivity contribution is 7.99. The van der Waals surface area contributed by atoms with E-state index in [0.29, 0.717) is 35.9 Å². The molecule has 1 atom stereocenters. The van der Waals surface area contributed by atoms with Crippen molar-refractivity contribution in [3.05, 3.63) is 53.9 Å². The molecule has 0 saturated carbocycles. The van der Waals surface area contributed by atoms with Gasteiger partial charge in [-0.15, -0.1) is 0 Å². The van der Waals surface area contributed by atoms with E-state index in [1.807, 2.05) is 28.8 Å². The van der Waals surface area contributed by atoms with Crippen LogP contribution in [0.5, 0.6) is 0 Å². The highest BCUT2D eigenvalue weighted by Crippen LogP contribution is 2.26. The predicted molar refractivity (Wildman–Crippen MR) is 122 cm³/mol. The fraction of sp³-hybridized carbons (Fsp3) is 0.391. The lowest BCUT2D eigenvalue weighted by Gasteiger charge is -2.11. The Bertz CT molecular complexity index is 1080. The van der Waals surface area contributed by atoms with Gasteiger partial charge in [0.25, 0.3) is 0 Å². The number of esters is 1. The van der Waals surface area contributed by atoms with Gasteiger partial charge in [-0.1, -0.05) is 17.8 Å². The molecule has 168 valence electrons. The third-order valence-electron chi connectivity index (χ3n) is 5.15. The van der Waals surface area contributed by atoms with Crippen molar-refractivity contribution in [2.45, 2.75) is 37.6 Å². The first-order valence-corrected chi connectivity index (χ1v) is 11.7. The molecule has 2 aromatic heterocycles. The Kier molecular flexibility index (Phi) is 7.39. The van der Waals surface area contributed by atoms with Gasteiger partial charge >= 0.3 is 5.97 Å². The molecule has 1 saturated heterocycles. The molecule has 0 spiro atoms. The number of aromatic nitrogens is 3. The van der Waals surface area contributed by atoms with E-state index in [1.165, 1.54) is 11.8 Å². The summed E-state index contributed by atoms with van der Waals surface area (Å²) in [4.78, 5) is 33.6. The Labute approximate surface area is 190 Å². The molecule has 1 N–H and O–H groups in total. The molecule has 32 heavy (non-hydrogen) atoms. The number of rotatable bonds is 9. The molecule has 0 radical (unpaired) electrons. The molecule has 1 aliphatic heterocycles. The van der Waals surface area contributed by atoms with Crippen molar-refractivity contribution < 1.29 is 19.1 Å². The molecular formula is C23H26N4O4S. The molecule has 1 aromatic carbocycles. The van der Waals surface area contributed by atoms with Crippen LogP contribution < -0.4 is 5.32 Å². The highest BCUT2D eigenvalue weighted by Gasteiger charge is 2.18. The van der Waals surface area contributed by atoms with Crippen LogP contribution in [0, 0.1) is 0 Å². The summed E-state index contributed by atoms with van der Waals surface area (Å²) >= 11 is 1.36. The largest absolute Gasteiger partial charge is 0.462 e. The van der Waals surface area contributed by atoms with Crippen molar-refractivity contribution in [1.82, 2.24) is 19.9 Å². The lowest BCUT2D eigenvalue weighted by molar-refractivity contribution is -0.119. The van der Waals surface area contributed by atoms with E-state index in [4.69, 9.17) is 14.5 Å². The number of imidazole rings is 1. The van der Waals surface area contributed by atoms with Crippen LogP contribution >= 0.6 is 11.8 Å². The van der Waals surface area contributed by atoms with Crippen LogP contribution in [-0.4, -0.2) is 58.0 Å². The van der Waals surface area contributed by atoms with Crippen molar-refractivity contribution >= 4 is 34.7 Å². The maximum atomic E-state index is 12.4. The van der Waals surface area contributed by atoms with Crippen molar-refractivity contribution in [3.63, 3.8) is 0 Å². The summed E-state index contributed by atoms with van der Waals surface area (Å²) in [5.41, 5.74) is 2.87. The summed E-state index contributed by atoms with van der Waals surface area (Å²) in [5, 5.41) is 3.63. The number of thioether (sulfide) groups is 1. The molecule has 1 fully saturated rings. The number of carbonyl (C=O) groups excluding carboxylic acids is 2. The van der Waals surface area contributed by atoms with Gasteiger partial charge in [0.1, 0.15) is 0 Å². The number of ether oxygens (including phenoxy) is 2. The molecule has 1 amide bonds. The number of carbonyl (C=O) groups is 2. The number of amides is 1. The summed E-state index contributed by atoms with van der Waals surface area (Å²) in [5.74, 6) is -0.200. The standard InChI is InChI=1S/C23H26N4O4S/c1-2-30-22(29)16-8-9-20-19(12-16)26-23(27(20)14-17-6-3-4-10-24-17)32-15-21(28)25-13-18-7-5-11-31-18/h3-4,6,8-10,12,18H,2,5,7,11,13-15H2,1H3,(H,25,28)/t18-/m0/s1. The number of pyridine rings is 1. The van der Waals surface area contributed by atoms with Crippen LogP contribution in [0.3, 0.4) is 0 Å². The van der Waals surface area contributed by atoms with Gasteiger partial charge in [0.15, 0.2) is 5.16 Å². The minimum atomic E-state index is -0.378. The molecule has 1 aliphatic rings. The Morgan fingerprint density at radius 1 is 1.31 bits per heavy atom. The van der Waals surface area contributed by atoms with Crippen LogP contribution in [-0.2, 0) is 20.8 Å². The predicted octanol–water partition coefficient (Wildman–Crippen LogP) is 3.04. The number of hydrogen-bond donors (Lipinski definition) is 1. The van der Waals surface area contributed by atoms with Gasteiger partial charge < -0.3 is 19.4 Å². The molecule has 3 heterocycles. The number of benzene rings is 1. The topological polar surface area (TPSA) is 95.3 Å². The fourth-order valence-electron chi connectivity index (χ4n) is 3.58. The second-order valence-corrected chi connectivity index (χ2v) is 8.40. The molecule has 3 aromatic rings. The molecular weight excluding hydrogens is 428 g/mol. The second kappa shape index (κ2) is 10.6. The average molecular weight is 455 g/mol. The van der Waals surface area contributed by atoms with E-state index >= 15 is 0 Å². The third kappa shape index (κ3) is 5.46. The Morgan fingerprint density at radius 3 is 2.97 bits per heavy atom. The Balaban J connectivity index is 1.53. The van der Waals surface area contributed by atoms with Gasteiger partial charge in [-0.25, -0.2) is 9.78 Å². The lowest BCUT2D eigenvalue weighted by atomic mass is 10.2. The van der Waals surface area contributed by atoms with Gasteiger partial charge in [0.05, 0.1) is 47.3 Å². The van der Waals surface area contributed by atoms with Gasteiger partial charge in [-0.3, -0.25) is 9.78 Å². The normalized spacial score (nSPS) is 15.7. The Hall–Kier alpha value is -2.91. The van der Waals surface area contributed by atoms with Gasteiger partial charge in [-0.05, 0) is 50.1 Å². The SMILES string of the molecule is CCOC(=O)c1ccc2c(c1)nc(SCC(=O)NC[C@@H]1CCCO1)n2Cc1ccccn1. The second-order valence-electron chi connectivity index (χ2n) is 7.45. The summed E-state index contributed by atoms with van der Waals surface area (Å²) in [6, 6.07) is 11.1. The molecule has 4 rings (SSSR count). The van der Waals surface area contributed by atoms with E-state index in [0.717, 1.165) is 30.7 Å². The maximum absolute atomic E-state index is 12.4. The van der Waals surface area contributed by atoms with E-state index in [9.17, 15) is 9.59 Å². The lowest BCUT2D eigenvalue weighted by Crippen LogP contribution is -2.32. The van der Waals surface area contributed by atoms with E-state index in [1.54, 1.807) is 25.3 Å². The van der Waals surface area contributed by atoms with Crippen molar-refractivity contribution in [1.29, 1.82) is 0 Å². The monoisotopic (exact) mass is 454 g/mol. The zero-order chi connectivity index (χ0) is 22.3. The molecule has 8 nitrogen and oxygen atoms in total. The average Bonchev–Trinajstić information content (AvgIpc) is 3.45. The number of hydrogen-bond acceptors (Lipinski definition) is 7. The van der Waals surface area contributed by atoms with Gasteiger partial charge in [0.2, 0.25) is 5.91 Å². The van der Waals surface area contributed by atoms with Crippen LogP contribution in [0.15, 0.2) is 47.8 Å². The summed E-state index contributed by atoms with van der Waals surface area (Å²) in [7, 11) is 0. The summed E-state index contributed by atoms with van der Waals surface area (Å²) < 4.78 is 12.7. The van der Waals surface area contributed by atoms with Crippen LogP contribution in [0.1, 0.15) is 35.8 Å². The molecule has 9 heteroatoms. The van der Waals surface area contributed by atoms with Crippen LogP contribution in [0.25, 0.3) is 11.0 Å². The first-order chi connectivity index (χ1) is 15.6. The fourth-order valence-corrected chi connectivity index (χ4v) is 4.42. The van der Waals surface area contributed by atoms with E-state index in [2.05, 4.69) is 10.3 Å². The zero-order valence-corrected chi connectivity index (χ0v) is 18.8. The minimum Gasteiger partial charge on any atom is -0.462 e. The molecule has 0 aliphatic carbocycles. The summed E-state index contributed by atoms with van der Waals surface area (Å²) in [6.45, 7) is 3.90. The smallest absolute Gasteiger partial charge is 0.338 e. The number of nitrogens with one attached hydrogen (secondary N) is 1. The van der Waals surface area contributed by atoms with Gasteiger partial charge in [0, 0.05) is 19.3 Å². The maximum Gasteiger partial charge on any atom is 0.338 e. The first-order valence-electron chi connectivity index (χ1n) is 10.7. The van der Waals surface area contributed by atoms with Gasteiger partial charge in [-0.2, -0.15) is 0 Å². The highest BCUT2D eigenvalue weighted by atomic mass is 32.2. The molecule has 0 unspecified atom stereocenters. The number of fused-ring (bicyclic) bond motifs is 1. The molecule has 0 bridgehead atoms. The quantitative estimate of drug-likeness (QED) is 0.392. The van der Waals surface area contributed by atoms with E-state index in [-0.39, 0.29) is 23.7 Å². The number of nitrogens with zero attached hydrogens (tertiary/aromatic N) is 3. The third-order valence-corrected chi connectivity index (χ3v) is 6.13. The first kappa shape index (κ1) is 22.3. The van der Waals surface area contributed by atoms with Crippen molar-refractivity contribution in [2.75, 3.05) is 25.5 Å². The zero-order valence-electron chi connectivity index (χ0n) is 18.0. The van der Waals surface area contributed by atoms with Crippen LogP contribution in [0.4, 0.5) is 0 Å². The van der Waals surface area contributed by atoms with Crippen molar-refractivity contribution in [2.24, 2.45) is 0 Å².